The fourth-order valence-corrected chi connectivity index (χ4v) is 1.77. The zero-order chi connectivity index (χ0) is 17.9. The van der Waals surface area contributed by atoms with E-state index in [-0.39, 0.29) is 22.8 Å². The van der Waals surface area contributed by atoms with Gasteiger partial charge in [-0.05, 0) is 19.9 Å². The molecule has 1 amide bonds. The van der Waals surface area contributed by atoms with Crippen molar-refractivity contribution in [2.45, 2.75) is 20.0 Å². The van der Waals surface area contributed by atoms with Crippen molar-refractivity contribution in [2.75, 3.05) is 11.1 Å². The Hall–Kier alpha value is -3.43. The number of hydrogen-bond acceptors (Lipinski definition) is 8. The Morgan fingerprint density at radius 2 is 2.12 bits per heavy atom. The molecule has 1 aromatic heterocycles. The molecule has 0 radical (unpaired) electrons. The molecule has 1 aromatic carbocycles. The first kappa shape index (κ1) is 16.9. The average molecular weight is 334 g/mol. The summed E-state index contributed by atoms with van der Waals surface area (Å²) in [4.78, 5) is 34.1. The lowest BCUT2D eigenvalue weighted by molar-refractivity contribution is -0.384. The normalized spacial score (nSPS) is 11.6. The minimum absolute atomic E-state index is 0.00494. The zero-order valence-electron chi connectivity index (χ0n) is 12.8. The Kier molecular flexibility index (Phi) is 4.78. The molecule has 0 aliphatic carbocycles. The maximum atomic E-state index is 12.1. The van der Waals surface area contributed by atoms with Gasteiger partial charge in [0.05, 0.1) is 10.5 Å². The number of aryl methyl sites for hydroxylation is 1. The van der Waals surface area contributed by atoms with E-state index in [1.165, 1.54) is 19.1 Å². The first-order chi connectivity index (χ1) is 11.3. The number of rotatable bonds is 5. The van der Waals surface area contributed by atoms with Gasteiger partial charge in [0.15, 0.2) is 11.9 Å². The molecule has 0 aliphatic rings. The highest BCUT2D eigenvalue weighted by Crippen LogP contribution is 2.21. The van der Waals surface area contributed by atoms with Crippen LogP contribution < -0.4 is 11.1 Å². The van der Waals surface area contributed by atoms with E-state index in [0.29, 0.717) is 5.76 Å². The lowest BCUT2D eigenvalue weighted by atomic mass is 10.1. The number of hydrogen-bond donors (Lipinski definition) is 2. The number of benzene rings is 1. The molecule has 3 N–H and O–H groups in total. The first-order valence-corrected chi connectivity index (χ1v) is 6.77. The number of esters is 1. The van der Waals surface area contributed by atoms with Gasteiger partial charge < -0.3 is 20.3 Å². The summed E-state index contributed by atoms with van der Waals surface area (Å²) in [7, 11) is 0. The lowest BCUT2D eigenvalue weighted by Crippen LogP contribution is -2.30. The molecule has 24 heavy (non-hydrogen) atoms. The number of aromatic nitrogens is 1. The number of anilines is 2. The van der Waals surface area contributed by atoms with E-state index in [1.807, 2.05) is 0 Å². The van der Waals surface area contributed by atoms with Gasteiger partial charge >= 0.3 is 5.97 Å². The zero-order valence-corrected chi connectivity index (χ0v) is 12.8. The molecule has 0 saturated heterocycles. The van der Waals surface area contributed by atoms with Crippen molar-refractivity contribution >= 4 is 29.1 Å². The highest BCUT2D eigenvalue weighted by Gasteiger charge is 2.23. The summed E-state index contributed by atoms with van der Waals surface area (Å²) in [5.41, 5.74) is 5.12. The molecule has 10 nitrogen and oxygen atoms in total. The minimum Gasteiger partial charge on any atom is -0.449 e. The molecule has 0 unspecified atom stereocenters. The average Bonchev–Trinajstić information content (AvgIpc) is 2.92. The predicted octanol–water partition coefficient (Wildman–Crippen LogP) is 1.66. The number of amides is 1. The third kappa shape index (κ3) is 3.85. The van der Waals surface area contributed by atoms with Crippen LogP contribution in [0.2, 0.25) is 0 Å². The van der Waals surface area contributed by atoms with Crippen molar-refractivity contribution in [2.24, 2.45) is 0 Å². The second kappa shape index (κ2) is 6.77. The van der Waals surface area contributed by atoms with Gasteiger partial charge in [-0.3, -0.25) is 14.9 Å². The molecule has 10 heteroatoms. The summed E-state index contributed by atoms with van der Waals surface area (Å²) in [5.74, 6) is -0.912. The molecule has 126 valence electrons. The Morgan fingerprint density at radius 1 is 1.42 bits per heavy atom. The maximum absolute atomic E-state index is 12.1. The minimum atomic E-state index is -1.17. The second-order valence-electron chi connectivity index (χ2n) is 4.89. The van der Waals surface area contributed by atoms with Gasteiger partial charge in [-0.2, -0.15) is 0 Å². The summed E-state index contributed by atoms with van der Waals surface area (Å²) >= 11 is 0. The smallest absolute Gasteiger partial charge is 0.341 e. The lowest BCUT2D eigenvalue weighted by Gasteiger charge is -2.13. The van der Waals surface area contributed by atoms with Gasteiger partial charge in [-0.15, -0.1) is 0 Å². The molecule has 0 bridgehead atoms. The second-order valence-corrected chi connectivity index (χ2v) is 4.89. The van der Waals surface area contributed by atoms with E-state index >= 15 is 0 Å². The van der Waals surface area contributed by atoms with Crippen LogP contribution in [0.1, 0.15) is 23.0 Å². The Labute approximate surface area is 135 Å². The van der Waals surface area contributed by atoms with E-state index in [4.69, 9.17) is 15.0 Å². The quantitative estimate of drug-likeness (QED) is 0.362. The van der Waals surface area contributed by atoms with Gasteiger partial charge in [-0.1, -0.05) is 5.16 Å². The van der Waals surface area contributed by atoms with Crippen LogP contribution in [0.4, 0.5) is 17.2 Å². The van der Waals surface area contributed by atoms with Crippen molar-refractivity contribution in [3.8, 4) is 0 Å². The van der Waals surface area contributed by atoms with E-state index in [0.717, 1.165) is 12.1 Å². The van der Waals surface area contributed by atoms with Gasteiger partial charge in [0.2, 0.25) is 0 Å². The fourth-order valence-electron chi connectivity index (χ4n) is 1.77. The number of nitro benzene ring substituents is 1. The number of carbonyl (C=O) groups is 2. The van der Waals surface area contributed by atoms with Gasteiger partial charge in [-0.25, -0.2) is 4.79 Å². The summed E-state index contributed by atoms with van der Waals surface area (Å²) in [5, 5.41) is 16.7. The molecule has 1 heterocycles. The van der Waals surface area contributed by atoms with Gasteiger partial charge in [0.1, 0.15) is 5.76 Å². The largest absolute Gasteiger partial charge is 0.449 e. The van der Waals surface area contributed by atoms with Crippen molar-refractivity contribution in [1.29, 1.82) is 0 Å². The monoisotopic (exact) mass is 334 g/mol. The summed E-state index contributed by atoms with van der Waals surface area (Å²) in [6.45, 7) is 2.99. The van der Waals surface area contributed by atoms with Gasteiger partial charge in [0.25, 0.3) is 11.6 Å². The van der Waals surface area contributed by atoms with Crippen molar-refractivity contribution in [3.05, 3.63) is 45.7 Å². The van der Waals surface area contributed by atoms with Gasteiger partial charge in [0, 0.05) is 23.9 Å². The van der Waals surface area contributed by atoms with Crippen LogP contribution in [0.5, 0.6) is 0 Å². The highest BCUT2D eigenvalue weighted by atomic mass is 16.6. The third-order valence-corrected chi connectivity index (χ3v) is 3.00. The van der Waals surface area contributed by atoms with Crippen LogP contribution in [0.3, 0.4) is 0 Å². The highest BCUT2D eigenvalue weighted by molar-refractivity contribution is 5.99. The van der Waals surface area contributed by atoms with E-state index < -0.39 is 22.9 Å². The Morgan fingerprint density at radius 3 is 2.71 bits per heavy atom. The third-order valence-electron chi connectivity index (χ3n) is 3.00. The number of nitro groups is 1. The van der Waals surface area contributed by atoms with Crippen molar-refractivity contribution < 1.29 is 23.8 Å². The number of carbonyl (C=O) groups excluding carboxylic acids is 2. The number of ether oxygens (including phenoxy) is 1. The fraction of sp³-hybridized carbons (Fsp3) is 0.214. The number of nitrogen functional groups attached to an aromatic ring is 1. The molecule has 0 saturated carbocycles. The molecule has 1 atom stereocenters. The number of nitrogens with zero attached hydrogens (tertiary/aromatic N) is 2. The van der Waals surface area contributed by atoms with Crippen LogP contribution in [0.25, 0.3) is 0 Å². The predicted molar refractivity (Wildman–Crippen MR) is 82.3 cm³/mol. The van der Waals surface area contributed by atoms with Crippen LogP contribution >= 0.6 is 0 Å². The number of non-ortho nitro benzene ring substituents is 1. The van der Waals surface area contributed by atoms with Crippen LogP contribution in [-0.4, -0.2) is 28.1 Å². The van der Waals surface area contributed by atoms with E-state index in [1.54, 1.807) is 6.92 Å². The molecule has 0 fully saturated rings. The molecular weight excluding hydrogens is 320 g/mol. The Bertz CT molecular complexity index is 800. The molecular formula is C14H14N4O6. The SMILES string of the molecule is Cc1cc(NC(=O)[C@H](C)OC(=O)c2cc([N+](=O)[O-])ccc2N)no1. The summed E-state index contributed by atoms with van der Waals surface area (Å²) in [6.07, 6.45) is -1.17. The van der Waals surface area contributed by atoms with Crippen molar-refractivity contribution in [3.63, 3.8) is 0 Å². The van der Waals surface area contributed by atoms with Crippen LogP contribution in [-0.2, 0) is 9.53 Å². The molecule has 2 rings (SSSR count). The Balaban J connectivity index is 2.07. The van der Waals surface area contributed by atoms with Crippen LogP contribution in [0, 0.1) is 17.0 Å². The summed E-state index contributed by atoms with van der Waals surface area (Å²) in [6, 6.07) is 4.86. The van der Waals surface area contributed by atoms with E-state index in [2.05, 4.69) is 10.5 Å². The molecule has 0 spiro atoms. The number of nitrogens with one attached hydrogen (secondary N) is 1. The number of nitrogens with two attached hydrogens (primary N) is 1. The molecule has 0 aliphatic heterocycles. The molecule has 2 aromatic rings. The standard InChI is InChI=1S/C14H14N4O6/c1-7-5-12(17-24-7)16-13(19)8(2)23-14(20)10-6-9(18(21)22)3-4-11(10)15/h3-6,8H,15H2,1-2H3,(H,16,17,19)/t8-/m0/s1. The topological polar surface area (TPSA) is 151 Å². The summed E-state index contributed by atoms with van der Waals surface area (Å²) < 4.78 is 9.77. The van der Waals surface area contributed by atoms with Crippen molar-refractivity contribution in [1.82, 2.24) is 5.16 Å². The maximum Gasteiger partial charge on any atom is 0.341 e. The first-order valence-electron chi connectivity index (χ1n) is 6.77. The van der Waals surface area contributed by atoms with Crippen LogP contribution in [0.15, 0.2) is 28.8 Å². The van der Waals surface area contributed by atoms with E-state index in [9.17, 15) is 19.7 Å².